The van der Waals surface area contributed by atoms with Crippen molar-refractivity contribution in [2.24, 2.45) is 0 Å². The fraction of sp³-hybridized carbons (Fsp3) is 0.542. The van der Waals surface area contributed by atoms with Crippen LogP contribution in [0.2, 0.25) is 0 Å². The third-order valence-electron chi connectivity index (χ3n) is 6.72. The zero-order valence-electron chi connectivity index (χ0n) is 19.3. The molecule has 2 fully saturated rings. The molecule has 4 rings (SSSR count). The van der Waals surface area contributed by atoms with Gasteiger partial charge in [0.2, 0.25) is 0 Å². The quantitative estimate of drug-likeness (QED) is 0.630. The molecule has 0 atom stereocenters. The van der Waals surface area contributed by atoms with E-state index in [4.69, 9.17) is 4.74 Å². The molecule has 0 spiro atoms. The molecule has 3 aliphatic heterocycles. The molecule has 0 radical (unpaired) electrons. The van der Waals surface area contributed by atoms with E-state index in [0.29, 0.717) is 62.5 Å². The van der Waals surface area contributed by atoms with E-state index in [1.807, 2.05) is 4.90 Å². The molecular weight excluding hydrogens is 427 g/mol. The largest absolute Gasteiger partial charge is 0.450 e. The Balaban J connectivity index is 1.59. The highest BCUT2D eigenvalue weighted by molar-refractivity contribution is 6.35. The van der Waals surface area contributed by atoms with E-state index >= 15 is 0 Å². The zero-order chi connectivity index (χ0) is 23.5. The molecule has 0 aromatic heterocycles. The van der Waals surface area contributed by atoms with E-state index in [2.05, 4.69) is 11.8 Å². The molecule has 3 heterocycles. The molecule has 33 heavy (non-hydrogen) atoms. The molecule has 1 aromatic rings. The number of nitrogens with zero attached hydrogens (tertiary/aromatic N) is 4. The smallest absolute Gasteiger partial charge is 0.409 e. The standard InChI is InChI=1S/C24H31FN4O4/c1-3-26-13-15-27(16-14-26)21-20(17-5-7-18(25)8-6-17)22(30)29(23(21)31)19-9-11-28(12-10-19)24(32)33-4-2/h5-8,19H,3-4,9-16H2,1-2H3. The summed E-state index contributed by atoms with van der Waals surface area (Å²) in [5.74, 6) is -1.02. The first-order valence-corrected chi connectivity index (χ1v) is 11.7. The lowest BCUT2D eigenvalue weighted by Gasteiger charge is -2.37. The highest BCUT2D eigenvalue weighted by Gasteiger charge is 2.46. The molecular formula is C24H31FN4O4. The van der Waals surface area contributed by atoms with Crippen LogP contribution in [-0.4, -0.2) is 96.0 Å². The monoisotopic (exact) mass is 458 g/mol. The Morgan fingerprint density at radius 2 is 1.61 bits per heavy atom. The van der Waals surface area contributed by atoms with Crippen molar-refractivity contribution in [3.05, 3.63) is 41.3 Å². The maximum Gasteiger partial charge on any atom is 0.409 e. The van der Waals surface area contributed by atoms with E-state index in [-0.39, 0.29) is 23.9 Å². The Bertz CT molecular complexity index is 932. The summed E-state index contributed by atoms with van der Waals surface area (Å²) in [4.78, 5) is 46.6. The van der Waals surface area contributed by atoms with Gasteiger partial charge in [-0.15, -0.1) is 0 Å². The number of piperazine rings is 1. The Morgan fingerprint density at radius 1 is 0.970 bits per heavy atom. The molecule has 0 unspecified atom stereocenters. The molecule has 3 aliphatic rings. The SMILES string of the molecule is CCOC(=O)N1CCC(N2C(=O)C(c3ccc(F)cc3)=C(N3CCN(CC)CC3)C2=O)CC1. The molecule has 8 nitrogen and oxygen atoms in total. The predicted octanol–water partition coefficient (Wildman–Crippen LogP) is 2.16. The molecule has 9 heteroatoms. The second kappa shape index (κ2) is 9.91. The first-order chi connectivity index (χ1) is 15.9. The van der Waals surface area contributed by atoms with E-state index in [9.17, 15) is 18.8 Å². The summed E-state index contributed by atoms with van der Waals surface area (Å²) >= 11 is 0. The fourth-order valence-corrected chi connectivity index (χ4v) is 4.85. The number of likely N-dealkylation sites (tertiary alicyclic amines) is 1. The summed E-state index contributed by atoms with van der Waals surface area (Å²) < 4.78 is 18.6. The van der Waals surface area contributed by atoms with Gasteiger partial charge in [0.05, 0.1) is 12.2 Å². The number of piperidine rings is 1. The second-order valence-electron chi connectivity index (χ2n) is 8.55. The van der Waals surface area contributed by atoms with Crippen LogP contribution in [0.15, 0.2) is 30.0 Å². The first kappa shape index (κ1) is 23.2. The van der Waals surface area contributed by atoms with Gasteiger partial charge in [-0.2, -0.15) is 0 Å². The number of imide groups is 1. The molecule has 0 saturated carbocycles. The van der Waals surface area contributed by atoms with Gasteiger partial charge in [-0.3, -0.25) is 14.5 Å². The number of amides is 3. The molecule has 1 aromatic carbocycles. The van der Waals surface area contributed by atoms with Crippen LogP contribution in [0.5, 0.6) is 0 Å². The van der Waals surface area contributed by atoms with Gasteiger partial charge in [-0.25, -0.2) is 9.18 Å². The van der Waals surface area contributed by atoms with Crippen LogP contribution in [0.4, 0.5) is 9.18 Å². The minimum atomic E-state index is -0.391. The Morgan fingerprint density at radius 3 is 2.18 bits per heavy atom. The van der Waals surface area contributed by atoms with Crippen molar-refractivity contribution in [1.82, 2.24) is 19.6 Å². The van der Waals surface area contributed by atoms with Crippen LogP contribution in [-0.2, 0) is 14.3 Å². The van der Waals surface area contributed by atoms with Crippen molar-refractivity contribution < 1.29 is 23.5 Å². The van der Waals surface area contributed by atoms with E-state index < -0.39 is 5.82 Å². The van der Waals surface area contributed by atoms with Gasteiger partial charge >= 0.3 is 6.09 Å². The summed E-state index contributed by atoms with van der Waals surface area (Å²) in [7, 11) is 0. The number of rotatable bonds is 5. The van der Waals surface area contributed by atoms with Crippen molar-refractivity contribution in [2.75, 3.05) is 52.4 Å². The molecule has 0 N–H and O–H groups in total. The summed E-state index contributed by atoms with van der Waals surface area (Å²) in [5, 5.41) is 0. The minimum absolute atomic E-state index is 0.291. The number of hydrogen-bond acceptors (Lipinski definition) is 6. The van der Waals surface area contributed by atoms with Crippen molar-refractivity contribution in [3.63, 3.8) is 0 Å². The lowest BCUT2D eigenvalue weighted by atomic mass is 10.0. The van der Waals surface area contributed by atoms with E-state index in [0.717, 1.165) is 19.6 Å². The summed E-state index contributed by atoms with van der Waals surface area (Å²) in [6.07, 6.45) is 0.642. The van der Waals surface area contributed by atoms with Crippen LogP contribution in [0.25, 0.3) is 5.57 Å². The average Bonchev–Trinajstić information content (AvgIpc) is 3.09. The number of ether oxygens (including phenoxy) is 1. The lowest BCUT2D eigenvalue weighted by molar-refractivity contribution is -0.141. The number of carbonyl (C=O) groups is 3. The van der Waals surface area contributed by atoms with Gasteiger partial charge in [0.25, 0.3) is 11.8 Å². The number of halogens is 1. The van der Waals surface area contributed by atoms with Crippen LogP contribution in [0.3, 0.4) is 0 Å². The fourth-order valence-electron chi connectivity index (χ4n) is 4.85. The highest BCUT2D eigenvalue weighted by Crippen LogP contribution is 2.35. The van der Waals surface area contributed by atoms with Crippen molar-refractivity contribution in [2.45, 2.75) is 32.7 Å². The van der Waals surface area contributed by atoms with Crippen LogP contribution < -0.4 is 0 Å². The first-order valence-electron chi connectivity index (χ1n) is 11.7. The topological polar surface area (TPSA) is 73.4 Å². The molecule has 178 valence electrons. The van der Waals surface area contributed by atoms with Gasteiger partial charge in [-0.05, 0) is 44.0 Å². The number of likely N-dealkylation sites (N-methyl/N-ethyl adjacent to an activating group) is 1. The maximum absolute atomic E-state index is 13.6. The Kier molecular flexibility index (Phi) is 6.97. The lowest BCUT2D eigenvalue weighted by Crippen LogP contribution is -2.51. The van der Waals surface area contributed by atoms with Gasteiger partial charge in [0.15, 0.2) is 0 Å². The van der Waals surface area contributed by atoms with E-state index in [1.165, 1.54) is 17.0 Å². The second-order valence-corrected chi connectivity index (χ2v) is 8.55. The number of hydrogen-bond donors (Lipinski definition) is 0. The third-order valence-corrected chi connectivity index (χ3v) is 6.72. The van der Waals surface area contributed by atoms with Crippen molar-refractivity contribution >= 4 is 23.5 Å². The summed E-state index contributed by atoms with van der Waals surface area (Å²) in [6.45, 7) is 8.91. The van der Waals surface area contributed by atoms with Crippen LogP contribution >= 0.6 is 0 Å². The Hall–Kier alpha value is -2.94. The van der Waals surface area contributed by atoms with Crippen LogP contribution in [0.1, 0.15) is 32.3 Å². The number of benzene rings is 1. The predicted molar refractivity (Wildman–Crippen MR) is 120 cm³/mol. The summed E-state index contributed by atoms with van der Waals surface area (Å²) in [5.41, 5.74) is 1.31. The van der Waals surface area contributed by atoms with Crippen molar-refractivity contribution in [1.29, 1.82) is 0 Å². The Labute approximate surface area is 193 Å². The van der Waals surface area contributed by atoms with Crippen LogP contribution in [0, 0.1) is 5.82 Å². The third kappa shape index (κ3) is 4.59. The molecule has 0 aliphatic carbocycles. The normalized spacial score (nSPS) is 20.8. The molecule has 0 bridgehead atoms. The average molecular weight is 459 g/mol. The molecule has 3 amide bonds. The highest BCUT2D eigenvalue weighted by atomic mass is 19.1. The number of carbonyl (C=O) groups excluding carboxylic acids is 3. The van der Waals surface area contributed by atoms with Gasteiger partial charge in [0.1, 0.15) is 11.5 Å². The van der Waals surface area contributed by atoms with Gasteiger partial charge in [-0.1, -0.05) is 19.1 Å². The van der Waals surface area contributed by atoms with E-state index in [1.54, 1.807) is 24.0 Å². The van der Waals surface area contributed by atoms with Crippen molar-refractivity contribution in [3.8, 4) is 0 Å². The maximum atomic E-state index is 13.6. The minimum Gasteiger partial charge on any atom is -0.450 e. The zero-order valence-corrected chi connectivity index (χ0v) is 19.3. The van der Waals surface area contributed by atoms with Gasteiger partial charge in [0, 0.05) is 45.3 Å². The molecule has 2 saturated heterocycles. The van der Waals surface area contributed by atoms with Gasteiger partial charge < -0.3 is 19.4 Å². The summed E-state index contributed by atoms with van der Waals surface area (Å²) in [6, 6.07) is 5.46.